The summed E-state index contributed by atoms with van der Waals surface area (Å²) in [6, 6.07) is 0. The number of aliphatic hydroxyl groups is 6. The van der Waals surface area contributed by atoms with Gasteiger partial charge in [-0.15, -0.1) is 0 Å². The molecule has 1 saturated heterocycles. The summed E-state index contributed by atoms with van der Waals surface area (Å²) in [5.41, 5.74) is 0. The van der Waals surface area contributed by atoms with Crippen LogP contribution in [0.1, 0.15) is 0 Å². The highest BCUT2D eigenvalue weighted by Crippen LogP contribution is 2.21. The first-order valence-corrected chi connectivity index (χ1v) is 4.61. The van der Waals surface area contributed by atoms with Crippen LogP contribution in [0.5, 0.6) is 0 Å². The number of rotatable bonds is 4. The van der Waals surface area contributed by atoms with Crippen LogP contribution in [0.3, 0.4) is 0 Å². The lowest BCUT2D eigenvalue weighted by Crippen LogP contribution is -2.50. The van der Waals surface area contributed by atoms with Crippen LogP contribution in [0, 0.1) is 0 Å². The maximum atomic E-state index is 10.8. The van der Waals surface area contributed by atoms with Crippen molar-refractivity contribution in [2.75, 3.05) is 6.61 Å². The Hall–Kier alpha value is -0.770. The molecule has 1 aliphatic heterocycles. The summed E-state index contributed by atoms with van der Waals surface area (Å²) in [4.78, 5) is 10.8. The lowest BCUT2D eigenvalue weighted by molar-refractivity contribution is -0.159. The molecule has 0 aromatic carbocycles. The Morgan fingerprint density at radius 1 is 1.25 bits per heavy atom. The fraction of sp³-hybridized carbons (Fsp3) is 0.875. The maximum Gasteiger partial charge on any atom is 0.338 e. The van der Waals surface area contributed by atoms with E-state index < -0.39 is 49.2 Å². The summed E-state index contributed by atoms with van der Waals surface area (Å²) in [5, 5.41) is 54.6. The lowest BCUT2D eigenvalue weighted by atomic mass is 9.99. The van der Waals surface area contributed by atoms with Crippen LogP contribution in [0.4, 0.5) is 0 Å². The predicted octanol–water partition coefficient (Wildman–Crippen LogP) is -4.29. The number of aliphatic hydroxyl groups excluding tert-OH is 6. The van der Waals surface area contributed by atoms with Gasteiger partial charge in [0.15, 0.2) is 12.2 Å². The van der Waals surface area contributed by atoms with Crippen molar-refractivity contribution < 1.29 is 40.2 Å². The van der Waals surface area contributed by atoms with Crippen LogP contribution in [-0.2, 0) is 9.53 Å². The standard InChI is InChI=1S/C8H14O8/c9-1-2(10)3(11)4(12)7-5(13)6(14)8(15)16-7/h2-7,9-14H,1H2/t2-,3-,4-,5+,6-,7-/m1/s1. The number of carbonyl (C=O) groups excluding carboxylic acids is 1. The summed E-state index contributed by atoms with van der Waals surface area (Å²) < 4.78 is 4.42. The van der Waals surface area contributed by atoms with Crippen LogP contribution in [0.2, 0.25) is 0 Å². The molecule has 0 aromatic heterocycles. The molecule has 1 heterocycles. The van der Waals surface area contributed by atoms with Crippen molar-refractivity contribution in [2.45, 2.75) is 36.6 Å². The third kappa shape index (κ3) is 2.32. The molecular weight excluding hydrogens is 224 g/mol. The van der Waals surface area contributed by atoms with Crippen molar-refractivity contribution in [1.82, 2.24) is 0 Å². The van der Waals surface area contributed by atoms with E-state index in [1.807, 2.05) is 0 Å². The number of cyclic esters (lactones) is 1. The average molecular weight is 238 g/mol. The van der Waals surface area contributed by atoms with Gasteiger partial charge in [-0.25, -0.2) is 4.79 Å². The summed E-state index contributed by atoms with van der Waals surface area (Å²) in [7, 11) is 0. The van der Waals surface area contributed by atoms with Gasteiger partial charge in [0, 0.05) is 0 Å². The van der Waals surface area contributed by atoms with Gasteiger partial charge < -0.3 is 35.4 Å². The molecule has 6 N–H and O–H groups in total. The zero-order valence-corrected chi connectivity index (χ0v) is 8.17. The van der Waals surface area contributed by atoms with Crippen LogP contribution >= 0.6 is 0 Å². The van der Waals surface area contributed by atoms with E-state index >= 15 is 0 Å². The van der Waals surface area contributed by atoms with E-state index in [4.69, 9.17) is 15.3 Å². The molecule has 0 amide bonds. The maximum absolute atomic E-state index is 10.8. The summed E-state index contributed by atoms with van der Waals surface area (Å²) >= 11 is 0. The van der Waals surface area contributed by atoms with Crippen LogP contribution in [0.25, 0.3) is 0 Å². The van der Waals surface area contributed by atoms with Gasteiger partial charge in [-0.2, -0.15) is 0 Å². The first-order chi connectivity index (χ1) is 7.40. The number of esters is 1. The van der Waals surface area contributed by atoms with E-state index in [2.05, 4.69) is 4.74 Å². The monoisotopic (exact) mass is 238 g/mol. The van der Waals surface area contributed by atoms with Gasteiger partial charge in [-0.3, -0.25) is 0 Å². The summed E-state index contributed by atoms with van der Waals surface area (Å²) in [5.74, 6) is -1.12. The van der Waals surface area contributed by atoms with Crippen molar-refractivity contribution in [2.24, 2.45) is 0 Å². The first kappa shape index (κ1) is 13.3. The van der Waals surface area contributed by atoms with E-state index in [1.54, 1.807) is 0 Å². The lowest BCUT2D eigenvalue weighted by Gasteiger charge is -2.26. The molecule has 8 nitrogen and oxygen atoms in total. The Morgan fingerprint density at radius 3 is 2.19 bits per heavy atom. The molecule has 0 aliphatic carbocycles. The van der Waals surface area contributed by atoms with Crippen LogP contribution < -0.4 is 0 Å². The molecule has 8 heteroatoms. The third-order valence-corrected chi connectivity index (χ3v) is 2.42. The smallest absolute Gasteiger partial charge is 0.338 e. The molecule has 0 spiro atoms. The van der Waals surface area contributed by atoms with Gasteiger partial charge in [0.2, 0.25) is 0 Å². The molecule has 94 valence electrons. The second-order valence-electron chi connectivity index (χ2n) is 3.57. The van der Waals surface area contributed by atoms with Crippen molar-refractivity contribution >= 4 is 5.97 Å². The molecule has 0 unspecified atom stereocenters. The summed E-state index contributed by atoms with van der Waals surface area (Å²) in [6.45, 7) is -0.808. The van der Waals surface area contributed by atoms with Gasteiger partial charge in [0.25, 0.3) is 0 Å². The Balaban J connectivity index is 2.68. The number of hydrogen-bond donors (Lipinski definition) is 6. The van der Waals surface area contributed by atoms with E-state index in [0.29, 0.717) is 0 Å². The van der Waals surface area contributed by atoms with Gasteiger partial charge in [0.05, 0.1) is 6.61 Å². The minimum atomic E-state index is -1.81. The van der Waals surface area contributed by atoms with Crippen LogP contribution in [-0.4, -0.2) is 79.8 Å². The molecule has 1 fully saturated rings. The molecule has 16 heavy (non-hydrogen) atoms. The van der Waals surface area contributed by atoms with E-state index in [1.165, 1.54) is 0 Å². The minimum Gasteiger partial charge on any atom is -0.455 e. The summed E-state index contributed by atoms with van der Waals surface area (Å²) in [6.07, 6.45) is -10.3. The average Bonchev–Trinajstić information content (AvgIpc) is 2.54. The largest absolute Gasteiger partial charge is 0.455 e. The molecule has 1 aliphatic rings. The molecule has 1 rings (SSSR count). The fourth-order valence-electron chi connectivity index (χ4n) is 1.39. The van der Waals surface area contributed by atoms with Crippen molar-refractivity contribution in [3.8, 4) is 0 Å². The zero-order valence-electron chi connectivity index (χ0n) is 8.17. The van der Waals surface area contributed by atoms with E-state index in [-0.39, 0.29) is 0 Å². The Kier molecular flexibility index (Phi) is 4.19. The Labute approximate surface area is 90.3 Å². The van der Waals surface area contributed by atoms with Crippen LogP contribution in [0.15, 0.2) is 0 Å². The normalized spacial score (nSPS) is 35.6. The highest BCUT2D eigenvalue weighted by Gasteiger charge is 2.48. The van der Waals surface area contributed by atoms with Crippen molar-refractivity contribution in [3.63, 3.8) is 0 Å². The Bertz CT molecular complexity index is 256. The van der Waals surface area contributed by atoms with Gasteiger partial charge in [-0.1, -0.05) is 0 Å². The van der Waals surface area contributed by atoms with E-state index in [0.717, 1.165) is 0 Å². The molecule has 0 saturated carbocycles. The molecule has 0 radical (unpaired) electrons. The fourth-order valence-corrected chi connectivity index (χ4v) is 1.39. The number of carbonyl (C=O) groups is 1. The zero-order chi connectivity index (χ0) is 12.5. The molecule has 0 aromatic rings. The van der Waals surface area contributed by atoms with E-state index in [9.17, 15) is 20.1 Å². The van der Waals surface area contributed by atoms with Gasteiger partial charge in [-0.05, 0) is 0 Å². The van der Waals surface area contributed by atoms with Gasteiger partial charge >= 0.3 is 5.97 Å². The highest BCUT2D eigenvalue weighted by molar-refractivity contribution is 5.77. The SMILES string of the molecule is O=C1O[C@H]([C@H](O)[C@H](O)[C@H](O)CO)[C@@H](O)[C@H]1O. The molecule has 0 bridgehead atoms. The topological polar surface area (TPSA) is 148 Å². The van der Waals surface area contributed by atoms with Gasteiger partial charge in [0.1, 0.15) is 24.4 Å². The highest BCUT2D eigenvalue weighted by atomic mass is 16.6. The van der Waals surface area contributed by atoms with Crippen molar-refractivity contribution in [1.29, 1.82) is 0 Å². The predicted molar refractivity (Wildman–Crippen MR) is 47.0 cm³/mol. The number of hydrogen-bond acceptors (Lipinski definition) is 8. The second-order valence-corrected chi connectivity index (χ2v) is 3.57. The number of ether oxygens (including phenoxy) is 1. The molecule has 6 atom stereocenters. The third-order valence-electron chi connectivity index (χ3n) is 2.42. The minimum absolute atomic E-state index is 0.808. The second kappa shape index (κ2) is 5.04. The first-order valence-electron chi connectivity index (χ1n) is 4.61. The Morgan fingerprint density at radius 2 is 1.81 bits per heavy atom. The molecular formula is C8H14O8. The quantitative estimate of drug-likeness (QED) is 0.269. The van der Waals surface area contributed by atoms with Crippen molar-refractivity contribution in [3.05, 3.63) is 0 Å².